The maximum absolute atomic E-state index is 11.8. The molecular weight excluding hydrogens is 292 g/mol. The van der Waals surface area contributed by atoms with Gasteiger partial charge in [0.05, 0.1) is 17.7 Å². The molecule has 23 heavy (non-hydrogen) atoms. The van der Waals surface area contributed by atoms with Gasteiger partial charge >= 0.3 is 6.09 Å². The molecule has 1 aliphatic heterocycles. The molecule has 1 saturated heterocycles. The van der Waals surface area contributed by atoms with Crippen LogP contribution in [0, 0.1) is 11.3 Å². The third-order valence-electron chi connectivity index (χ3n) is 3.93. The van der Waals surface area contributed by atoms with Crippen LogP contribution in [0.2, 0.25) is 0 Å². The van der Waals surface area contributed by atoms with E-state index in [1.807, 2.05) is 30.3 Å². The molecule has 1 aliphatic rings. The summed E-state index contributed by atoms with van der Waals surface area (Å²) >= 11 is 0. The Hall–Kier alpha value is -2.81. The minimum atomic E-state index is -0.279. The first kappa shape index (κ1) is 15.1. The van der Waals surface area contributed by atoms with Crippen LogP contribution in [-0.2, 0) is 4.74 Å². The number of ether oxygens (including phenoxy) is 1. The molecular formula is C17H18N4O2. The second kappa shape index (κ2) is 6.53. The molecule has 3 rings (SSSR count). The van der Waals surface area contributed by atoms with E-state index in [1.54, 1.807) is 11.8 Å². The highest BCUT2D eigenvalue weighted by atomic mass is 16.6. The van der Waals surface area contributed by atoms with E-state index in [0.29, 0.717) is 44.2 Å². The minimum Gasteiger partial charge on any atom is -0.450 e. The van der Waals surface area contributed by atoms with E-state index in [1.165, 1.54) is 0 Å². The molecule has 1 amide bonds. The van der Waals surface area contributed by atoms with Crippen molar-refractivity contribution in [2.75, 3.05) is 37.7 Å². The quantitative estimate of drug-likeness (QED) is 0.852. The van der Waals surface area contributed by atoms with Crippen LogP contribution >= 0.6 is 0 Å². The standard InChI is InChI=1S/C17H18N4O2/c1-2-23-17(22)21-9-7-20(8-10-21)16-14(12-18)11-13-5-3-4-6-15(13)19-16/h3-6,11H,2,7-10H2,1H3. The van der Waals surface area contributed by atoms with Crippen molar-refractivity contribution in [3.63, 3.8) is 0 Å². The smallest absolute Gasteiger partial charge is 0.409 e. The number of nitriles is 1. The molecule has 1 aromatic heterocycles. The molecule has 6 heteroatoms. The molecule has 0 aliphatic carbocycles. The number of carbonyl (C=O) groups excluding carboxylic acids is 1. The third kappa shape index (κ3) is 3.04. The minimum absolute atomic E-state index is 0.279. The first-order valence-corrected chi connectivity index (χ1v) is 7.69. The fraction of sp³-hybridized carbons (Fsp3) is 0.353. The molecule has 2 heterocycles. The number of hydrogen-bond donors (Lipinski definition) is 0. The van der Waals surface area contributed by atoms with Gasteiger partial charge in [-0.25, -0.2) is 9.78 Å². The number of aromatic nitrogens is 1. The zero-order valence-electron chi connectivity index (χ0n) is 13.0. The zero-order chi connectivity index (χ0) is 16.2. The lowest BCUT2D eigenvalue weighted by Gasteiger charge is -2.35. The van der Waals surface area contributed by atoms with Crippen molar-refractivity contribution in [2.24, 2.45) is 0 Å². The van der Waals surface area contributed by atoms with Crippen molar-refractivity contribution in [1.82, 2.24) is 9.88 Å². The molecule has 0 unspecified atom stereocenters. The fourth-order valence-electron chi connectivity index (χ4n) is 2.74. The average Bonchev–Trinajstić information content (AvgIpc) is 2.61. The summed E-state index contributed by atoms with van der Waals surface area (Å²) in [6, 6.07) is 11.9. The van der Waals surface area contributed by atoms with Crippen LogP contribution in [0.15, 0.2) is 30.3 Å². The van der Waals surface area contributed by atoms with Crippen molar-refractivity contribution in [2.45, 2.75) is 6.92 Å². The number of rotatable bonds is 2. The van der Waals surface area contributed by atoms with Gasteiger partial charge in [-0.3, -0.25) is 0 Å². The van der Waals surface area contributed by atoms with Gasteiger partial charge in [-0.05, 0) is 19.1 Å². The average molecular weight is 310 g/mol. The lowest BCUT2D eigenvalue weighted by Crippen LogP contribution is -2.49. The molecule has 0 saturated carbocycles. The highest BCUT2D eigenvalue weighted by Gasteiger charge is 2.24. The fourth-order valence-corrected chi connectivity index (χ4v) is 2.74. The maximum Gasteiger partial charge on any atom is 0.409 e. The third-order valence-corrected chi connectivity index (χ3v) is 3.93. The van der Waals surface area contributed by atoms with Gasteiger partial charge in [0.25, 0.3) is 0 Å². The largest absolute Gasteiger partial charge is 0.450 e. The molecule has 0 N–H and O–H groups in total. The lowest BCUT2D eigenvalue weighted by atomic mass is 10.1. The number of pyridine rings is 1. The molecule has 6 nitrogen and oxygen atoms in total. The Balaban J connectivity index is 1.82. The van der Waals surface area contributed by atoms with Crippen LogP contribution in [0.5, 0.6) is 0 Å². The van der Waals surface area contributed by atoms with Crippen LogP contribution in [-0.4, -0.2) is 48.8 Å². The van der Waals surface area contributed by atoms with Crippen molar-refractivity contribution in [3.05, 3.63) is 35.9 Å². The molecule has 1 fully saturated rings. The van der Waals surface area contributed by atoms with Crippen LogP contribution in [0.4, 0.5) is 10.6 Å². The van der Waals surface area contributed by atoms with E-state index >= 15 is 0 Å². The van der Waals surface area contributed by atoms with Gasteiger partial charge in [-0.15, -0.1) is 0 Å². The first-order chi connectivity index (χ1) is 11.2. The Morgan fingerprint density at radius 3 is 2.74 bits per heavy atom. The first-order valence-electron chi connectivity index (χ1n) is 7.69. The number of carbonyl (C=O) groups is 1. The van der Waals surface area contributed by atoms with Crippen LogP contribution in [0.3, 0.4) is 0 Å². The van der Waals surface area contributed by atoms with E-state index in [-0.39, 0.29) is 6.09 Å². The topological polar surface area (TPSA) is 69.5 Å². The Labute approximate surface area is 134 Å². The second-order valence-corrected chi connectivity index (χ2v) is 5.34. The Morgan fingerprint density at radius 1 is 1.30 bits per heavy atom. The summed E-state index contributed by atoms with van der Waals surface area (Å²) in [7, 11) is 0. The monoisotopic (exact) mass is 310 g/mol. The van der Waals surface area contributed by atoms with E-state index in [4.69, 9.17) is 4.74 Å². The molecule has 0 radical (unpaired) electrons. The summed E-state index contributed by atoms with van der Waals surface area (Å²) in [5, 5.41) is 10.4. The van der Waals surface area contributed by atoms with Gasteiger partial charge in [-0.2, -0.15) is 5.26 Å². The predicted octanol–water partition coefficient (Wildman–Crippen LogP) is 2.38. The van der Waals surface area contributed by atoms with E-state index < -0.39 is 0 Å². The molecule has 0 bridgehead atoms. The van der Waals surface area contributed by atoms with E-state index in [2.05, 4.69) is 16.0 Å². The van der Waals surface area contributed by atoms with Gasteiger partial charge in [0.15, 0.2) is 0 Å². The van der Waals surface area contributed by atoms with Crippen molar-refractivity contribution >= 4 is 22.8 Å². The number of piperazine rings is 1. The number of nitrogens with zero attached hydrogens (tertiary/aromatic N) is 4. The van der Waals surface area contributed by atoms with Crippen molar-refractivity contribution in [1.29, 1.82) is 5.26 Å². The molecule has 1 aromatic carbocycles. The Kier molecular flexibility index (Phi) is 4.29. The van der Waals surface area contributed by atoms with Crippen molar-refractivity contribution in [3.8, 4) is 6.07 Å². The predicted molar refractivity (Wildman–Crippen MR) is 87.3 cm³/mol. The summed E-state index contributed by atoms with van der Waals surface area (Å²) in [6.45, 7) is 4.59. The molecule has 2 aromatic rings. The summed E-state index contributed by atoms with van der Waals surface area (Å²) in [6.07, 6.45) is -0.279. The number of benzene rings is 1. The summed E-state index contributed by atoms with van der Waals surface area (Å²) in [4.78, 5) is 20.1. The van der Waals surface area contributed by atoms with Crippen LogP contribution in [0.1, 0.15) is 12.5 Å². The van der Waals surface area contributed by atoms with E-state index in [0.717, 1.165) is 10.9 Å². The van der Waals surface area contributed by atoms with Crippen LogP contribution < -0.4 is 4.90 Å². The number of anilines is 1. The van der Waals surface area contributed by atoms with Gasteiger partial charge in [-0.1, -0.05) is 18.2 Å². The normalized spacial score (nSPS) is 14.6. The van der Waals surface area contributed by atoms with Gasteiger partial charge in [0.1, 0.15) is 11.9 Å². The van der Waals surface area contributed by atoms with Gasteiger partial charge in [0.2, 0.25) is 0 Å². The number of hydrogen-bond acceptors (Lipinski definition) is 5. The number of amides is 1. The molecule has 0 atom stereocenters. The summed E-state index contributed by atoms with van der Waals surface area (Å²) in [5.41, 5.74) is 1.43. The van der Waals surface area contributed by atoms with Crippen molar-refractivity contribution < 1.29 is 9.53 Å². The molecule has 118 valence electrons. The van der Waals surface area contributed by atoms with Gasteiger partial charge < -0.3 is 14.5 Å². The van der Waals surface area contributed by atoms with Gasteiger partial charge in [0, 0.05) is 31.6 Å². The Bertz CT molecular complexity index is 761. The number of para-hydroxylation sites is 1. The highest BCUT2D eigenvalue weighted by molar-refractivity contribution is 5.83. The lowest BCUT2D eigenvalue weighted by molar-refractivity contribution is 0.105. The molecule has 0 spiro atoms. The van der Waals surface area contributed by atoms with Crippen LogP contribution in [0.25, 0.3) is 10.9 Å². The summed E-state index contributed by atoms with van der Waals surface area (Å²) in [5.74, 6) is 0.690. The summed E-state index contributed by atoms with van der Waals surface area (Å²) < 4.78 is 5.03. The highest BCUT2D eigenvalue weighted by Crippen LogP contribution is 2.24. The van der Waals surface area contributed by atoms with E-state index in [9.17, 15) is 10.1 Å². The SMILES string of the molecule is CCOC(=O)N1CCN(c2nc3ccccc3cc2C#N)CC1. The maximum atomic E-state index is 11.8. The number of fused-ring (bicyclic) bond motifs is 1. The zero-order valence-corrected chi connectivity index (χ0v) is 13.0. The second-order valence-electron chi connectivity index (χ2n) is 5.34. The Morgan fingerprint density at radius 2 is 2.04 bits per heavy atom.